The van der Waals surface area contributed by atoms with Gasteiger partial charge in [0, 0.05) is 19.5 Å². The number of hydrogen-bond donors (Lipinski definition) is 1. The van der Waals surface area contributed by atoms with E-state index in [0.717, 1.165) is 32.4 Å². The van der Waals surface area contributed by atoms with Crippen LogP contribution in [-0.4, -0.2) is 37.0 Å². The third-order valence-electron chi connectivity index (χ3n) is 2.95. The molecule has 0 radical (unpaired) electrons. The Kier molecular flexibility index (Phi) is 4.94. The largest absolute Gasteiger partial charge is 0.343 e. The SMILES string of the molecule is CCCC(=O)N(C)C1CCCNCC1. The highest BCUT2D eigenvalue weighted by Gasteiger charge is 2.19. The van der Waals surface area contributed by atoms with Crippen molar-refractivity contribution in [1.29, 1.82) is 0 Å². The van der Waals surface area contributed by atoms with Gasteiger partial charge in [-0.25, -0.2) is 0 Å². The summed E-state index contributed by atoms with van der Waals surface area (Å²) < 4.78 is 0. The molecule has 14 heavy (non-hydrogen) atoms. The van der Waals surface area contributed by atoms with Gasteiger partial charge in [0.25, 0.3) is 0 Å². The minimum Gasteiger partial charge on any atom is -0.343 e. The molecule has 82 valence electrons. The normalized spacial score (nSPS) is 22.9. The van der Waals surface area contributed by atoms with Crippen molar-refractivity contribution in [2.75, 3.05) is 20.1 Å². The lowest BCUT2D eigenvalue weighted by Crippen LogP contribution is -2.37. The molecule has 0 bridgehead atoms. The molecule has 1 aliphatic rings. The van der Waals surface area contributed by atoms with Crippen LogP contribution in [-0.2, 0) is 4.79 Å². The van der Waals surface area contributed by atoms with Gasteiger partial charge in [-0.05, 0) is 38.8 Å². The van der Waals surface area contributed by atoms with E-state index in [1.807, 2.05) is 11.9 Å². The lowest BCUT2D eigenvalue weighted by molar-refractivity contribution is -0.132. The quantitative estimate of drug-likeness (QED) is 0.743. The van der Waals surface area contributed by atoms with Crippen LogP contribution in [0.3, 0.4) is 0 Å². The Morgan fingerprint density at radius 1 is 1.43 bits per heavy atom. The maximum Gasteiger partial charge on any atom is 0.222 e. The smallest absolute Gasteiger partial charge is 0.222 e. The molecule has 1 heterocycles. The van der Waals surface area contributed by atoms with Gasteiger partial charge in [0.05, 0.1) is 0 Å². The fourth-order valence-corrected chi connectivity index (χ4v) is 1.98. The Hall–Kier alpha value is -0.570. The summed E-state index contributed by atoms with van der Waals surface area (Å²) in [6.45, 7) is 4.21. The van der Waals surface area contributed by atoms with Gasteiger partial charge in [0.2, 0.25) is 5.91 Å². The Morgan fingerprint density at radius 3 is 2.93 bits per heavy atom. The van der Waals surface area contributed by atoms with Crippen molar-refractivity contribution in [3.63, 3.8) is 0 Å². The summed E-state index contributed by atoms with van der Waals surface area (Å²) in [7, 11) is 1.95. The second-order valence-electron chi connectivity index (χ2n) is 4.09. The summed E-state index contributed by atoms with van der Waals surface area (Å²) in [6.07, 6.45) is 5.09. The minimum atomic E-state index is 0.305. The monoisotopic (exact) mass is 198 g/mol. The fourth-order valence-electron chi connectivity index (χ4n) is 1.98. The average molecular weight is 198 g/mol. The van der Waals surface area contributed by atoms with Crippen LogP contribution in [0.15, 0.2) is 0 Å². The number of carbonyl (C=O) groups is 1. The zero-order chi connectivity index (χ0) is 10.4. The first-order valence-electron chi connectivity index (χ1n) is 5.72. The Labute approximate surface area is 86.9 Å². The van der Waals surface area contributed by atoms with Crippen molar-refractivity contribution in [2.45, 2.75) is 45.1 Å². The maximum absolute atomic E-state index is 11.7. The van der Waals surface area contributed by atoms with E-state index >= 15 is 0 Å². The molecule has 1 atom stereocenters. The van der Waals surface area contributed by atoms with E-state index in [-0.39, 0.29) is 0 Å². The van der Waals surface area contributed by atoms with Gasteiger partial charge in [0.1, 0.15) is 0 Å². The lowest BCUT2D eigenvalue weighted by Gasteiger charge is -2.26. The number of nitrogens with one attached hydrogen (secondary N) is 1. The standard InChI is InChI=1S/C11H22N2O/c1-3-5-11(14)13(2)10-6-4-8-12-9-7-10/h10,12H,3-9H2,1-2H3. The first-order chi connectivity index (χ1) is 6.75. The highest BCUT2D eigenvalue weighted by Crippen LogP contribution is 2.13. The molecule has 1 aliphatic heterocycles. The van der Waals surface area contributed by atoms with Crippen LogP contribution in [0.25, 0.3) is 0 Å². The minimum absolute atomic E-state index is 0.305. The Morgan fingerprint density at radius 2 is 2.21 bits per heavy atom. The van der Waals surface area contributed by atoms with Crippen LogP contribution in [0, 0.1) is 0 Å². The molecular formula is C11H22N2O. The molecule has 0 spiro atoms. The summed E-state index contributed by atoms with van der Waals surface area (Å²) in [4.78, 5) is 13.6. The third kappa shape index (κ3) is 3.29. The third-order valence-corrected chi connectivity index (χ3v) is 2.95. The van der Waals surface area contributed by atoms with E-state index in [0.29, 0.717) is 18.4 Å². The summed E-state index contributed by atoms with van der Waals surface area (Å²) in [5.41, 5.74) is 0. The molecule has 0 aromatic heterocycles. The van der Waals surface area contributed by atoms with Gasteiger partial charge in [-0.2, -0.15) is 0 Å². The maximum atomic E-state index is 11.7. The van der Waals surface area contributed by atoms with Gasteiger partial charge < -0.3 is 10.2 Å². The molecule has 1 amide bonds. The number of carbonyl (C=O) groups excluding carboxylic acids is 1. The van der Waals surface area contributed by atoms with Crippen molar-refractivity contribution in [1.82, 2.24) is 10.2 Å². The number of rotatable bonds is 3. The molecule has 1 rings (SSSR count). The molecule has 1 fully saturated rings. The Balaban J connectivity index is 2.40. The molecule has 1 N–H and O–H groups in total. The summed E-state index contributed by atoms with van der Waals surface area (Å²) in [6, 6.07) is 0.462. The van der Waals surface area contributed by atoms with Gasteiger partial charge in [-0.15, -0.1) is 0 Å². The van der Waals surface area contributed by atoms with Crippen molar-refractivity contribution in [3.05, 3.63) is 0 Å². The zero-order valence-electron chi connectivity index (χ0n) is 9.38. The van der Waals surface area contributed by atoms with Crippen LogP contribution in [0.1, 0.15) is 39.0 Å². The van der Waals surface area contributed by atoms with Crippen LogP contribution < -0.4 is 5.32 Å². The van der Waals surface area contributed by atoms with Gasteiger partial charge in [-0.3, -0.25) is 4.79 Å². The van der Waals surface area contributed by atoms with Crippen molar-refractivity contribution in [3.8, 4) is 0 Å². The molecule has 0 aromatic carbocycles. The van der Waals surface area contributed by atoms with E-state index in [1.165, 1.54) is 6.42 Å². The predicted molar refractivity (Wildman–Crippen MR) is 58.2 cm³/mol. The van der Waals surface area contributed by atoms with Crippen LogP contribution in [0.5, 0.6) is 0 Å². The number of hydrogen-bond acceptors (Lipinski definition) is 2. The van der Waals surface area contributed by atoms with E-state index < -0.39 is 0 Å². The van der Waals surface area contributed by atoms with E-state index in [4.69, 9.17) is 0 Å². The van der Waals surface area contributed by atoms with E-state index in [2.05, 4.69) is 12.2 Å². The molecule has 1 unspecified atom stereocenters. The van der Waals surface area contributed by atoms with Crippen LogP contribution in [0.4, 0.5) is 0 Å². The topological polar surface area (TPSA) is 32.3 Å². The molecule has 3 heteroatoms. The van der Waals surface area contributed by atoms with Crippen LogP contribution in [0.2, 0.25) is 0 Å². The fraction of sp³-hybridized carbons (Fsp3) is 0.909. The van der Waals surface area contributed by atoms with Gasteiger partial charge >= 0.3 is 0 Å². The average Bonchev–Trinajstić information content (AvgIpc) is 2.45. The lowest BCUT2D eigenvalue weighted by atomic mass is 10.1. The van der Waals surface area contributed by atoms with Crippen molar-refractivity contribution in [2.24, 2.45) is 0 Å². The van der Waals surface area contributed by atoms with Gasteiger partial charge in [-0.1, -0.05) is 6.92 Å². The second-order valence-corrected chi connectivity index (χ2v) is 4.09. The first kappa shape index (κ1) is 11.5. The second kappa shape index (κ2) is 6.02. The molecule has 0 saturated carbocycles. The molecular weight excluding hydrogens is 176 g/mol. The van der Waals surface area contributed by atoms with E-state index in [9.17, 15) is 4.79 Å². The summed E-state index contributed by atoms with van der Waals surface area (Å²) >= 11 is 0. The van der Waals surface area contributed by atoms with Crippen LogP contribution >= 0.6 is 0 Å². The first-order valence-corrected chi connectivity index (χ1v) is 5.72. The van der Waals surface area contributed by atoms with Crippen molar-refractivity contribution >= 4 is 5.91 Å². The molecule has 1 saturated heterocycles. The predicted octanol–water partition coefficient (Wildman–Crippen LogP) is 1.39. The highest BCUT2D eigenvalue weighted by atomic mass is 16.2. The zero-order valence-corrected chi connectivity index (χ0v) is 9.38. The summed E-state index contributed by atoms with van der Waals surface area (Å²) in [5.74, 6) is 0.305. The molecule has 0 aliphatic carbocycles. The molecule has 3 nitrogen and oxygen atoms in total. The van der Waals surface area contributed by atoms with E-state index in [1.54, 1.807) is 0 Å². The molecule has 0 aromatic rings. The number of amides is 1. The summed E-state index contributed by atoms with van der Waals surface area (Å²) in [5, 5.41) is 3.37. The Bertz CT molecular complexity index is 174. The number of nitrogens with zero attached hydrogens (tertiary/aromatic N) is 1. The highest BCUT2D eigenvalue weighted by molar-refractivity contribution is 5.76. The van der Waals surface area contributed by atoms with Crippen molar-refractivity contribution < 1.29 is 4.79 Å². The van der Waals surface area contributed by atoms with Gasteiger partial charge in [0.15, 0.2) is 0 Å².